The summed E-state index contributed by atoms with van der Waals surface area (Å²) in [5.41, 5.74) is 0. The number of amides is 1. The average molecular weight is 501 g/mol. The number of nitrogens with one attached hydrogen (secondary N) is 3. The number of likely N-dealkylation sites (tertiary alicyclic amines) is 1. The summed E-state index contributed by atoms with van der Waals surface area (Å²) in [6.45, 7) is 6.82. The molecule has 3 N–H and O–H groups in total. The van der Waals surface area contributed by atoms with Crippen molar-refractivity contribution < 1.29 is 9.21 Å². The zero-order chi connectivity index (χ0) is 19.1. The maximum atomic E-state index is 11.8. The second kappa shape index (κ2) is 11.0. The molecule has 2 aromatic rings. The molecule has 0 spiro atoms. The zero-order valence-electron chi connectivity index (χ0n) is 16.3. The van der Waals surface area contributed by atoms with Crippen molar-refractivity contribution in [2.75, 3.05) is 26.2 Å². The van der Waals surface area contributed by atoms with Crippen LogP contribution < -0.4 is 10.6 Å². The fraction of sp³-hybridized carbons (Fsp3) is 0.556. The summed E-state index contributed by atoms with van der Waals surface area (Å²) in [6, 6.07) is 3.86. The molecular weight excluding hydrogens is 473 g/mol. The van der Waals surface area contributed by atoms with E-state index in [-0.39, 0.29) is 35.9 Å². The van der Waals surface area contributed by atoms with Gasteiger partial charge in [0.1, 0.15) is 5.82 Å². The first kappa shape index (κ1) is 22.2. The molecule has 10 heteroatoms. The second-order valence-corrected chi connectivity index (χ2v) is 6.42. The van der Waals surface area contributed by atoms with Gasteiger partial charge in [0, 0.05) is 45.1 Å². The van der Waals surface area contributed by atoms with E-state index in [4.69, 9.17) is 4.42 Å². The molecule has 1 aliphatic rings. The van der Waals surface area contributed by atoms with Crippen LogP contribution in [0.5, 0.6) is 0 Å². The van der Waals surface area contributed by atoms with Gasteiger partial charge < -0.3 is 20.0 Å². The minimum absolute atomic E-state index is 0. The van der Waals surface area contributed by atoms with E-state index >= 15 is 0 Å². The number of aliphatic imine (C=N–C) groups is 1. The number of aromatic nitrogens is 3. The van der Waals surface area contributed by atoms with Crippen molar-refractivity contribution in [3.63, 3.8) is 0 Å². The summed E-state index contributed by atoms with van der Waals surface area (Å²) in [4.78, 5) is 22.8. The Morgan fingerprint density at radius 2 is 2.32 bits per heavy atom. The van der Waals surface area contributed by atoms with E-state index in [1.54, 1.807) is 6.26 Å². The van der Waals surface area contributed by atoms with Gasteiger partial charge in [0.15, 0.2) is 11.7 Å². The number of halogens is 1. The molecule has 0 aliphatic carbocycles. The van der Waals surface area contributed by atoms with Gasteiger partial charge in [-0.3, -0.25) is 14.9 Å². The lowest BCUT2D eigenvalue weighted by molar-refractivity contribution is -0.129. The molecule has 1 atom stereocenters. The third kappa shape index (κ3) is 5.94. The van der Waals surface area contributed by atoms with Crippen molar-refractivity contribution >= 4 is 35.8 Å². The van der Waals surface area contributed by atoms with Crippen LogP contribution in [0, 0.1) is 0 Å². The minimum Gasteiger partial charge on any atom is -0.461 e. The fourth-order valence-electron chi connectivity index (χ4n) is 3.04. The van der Waals surface area contributed by atoms with Crippen molar-refractivity contribution in [1.82, 2.24) is 30.7 Å². The average Bonchev–Trinajstić information content (AvgIpc) is 3.42. The van der Waals surface area contributed by atoms with Crippen molar-refractivity contribution in [2.45, 2.75) is 39.2 Å². The van der Waals surface area contributed by atoms with E-state index in [0.29, 0.717) is 31.0 Å². The summed E-state index contributed by atoms with van der Waals surface area (Å²) >= 11 is 0. The molecule has 28 heavy (non-hydrogen) atoms. The fourth-order valence-corrected chi connectivity index (χ4v) is 3.04. The van der Waals surface area contributed by atoms with Crippen molar-refractivity contribution in [2.24, 2.45) is 4.99 Å². The highest BCUT2D eigenvalue weighted by Gasteiger charge is 2.25. The molecule has 0 saturated carbocycles. The van der Waals surface area contributed by atoms with Crippen LogP contribution in [-0.4, -0.2) is 64.2 Å². The van der Waals surface area contributed by atoms with Crippen molar-refractivity contribution in [3.05, 3.63) is 24.2 Å². The lowest BCUT2D eigenvalue weighted by atomic mass is 10.3. The maximum absolute atomic E-state index is 11.8. The molecule has 0 bridgehead atoms. The molecule has 1 fully saturated rings. The van der Waals surface area contributed by atoms with Gasteiger partial charge in [0.2, 0.25) is 11.7 Å². The zero-order valence-corrected chi connectivity index (χ0v) is 18.6. The lowest BCUT2D eigenvalue weighted by Gasteiger charge is -2.18. The smallest absolute Gasteiger partial charge is 0.222 e. The molecule has 1 aliphatic heterocycles. The first-order valence-electron chi connectivity index (χ1n) is 9.47. The molecule has 9 nitrogen and oxygen atoms in total. The Labute approximate surface area is 181 Å². The van der Waals surface area contributed by atoms with E-state index in [0.717, 1.165) is 37.8 Å². The predicted octanol–water partition coefficient (Wildman–Crippen LogP) is 1.79. The van der Waals surface area contributed by atoms with Crippen molar-refractivity contribution in [3.8, 4) is 11.6 Å². The predicted molar refractivity (Wildman–Crippen MR) is 118 cm³/mol. The highest BCUT2D eigenvalue weighted by molar-refractivity contribution is 14.0. The number of carbonyl (C=O) groups excluding carboxylic acids is 1. The van der Waals surface area contributed by atoms with E-state index in [1.807, 2.05) is 30.9 Å². The van der Waals surface area contributed by atoms with Gasteiger partial charge in [0.25, 0.3) is 0 Å². The number of carbonyl (C=O) groups is 1. The molecule has 1 unspecified atom stereocenters. The number of hydrogen-bond acceptors (Lipinski definition) is 5. The number of hydrogen-bond donors (Lipinski definition) is 3. The van der Waals surface area contributed by atoms with Crippen LogP contribution in [0.2, 0.25) is 0 Å². The molecule has 1 amide bonds. The topological polar surface area (TPSA) is 111 Å². The maximum Gasteiger partial charge on any atom is 0.222 e. The monoisotopic (exact) mass is 501 g/mol. The van der Waals surface area contributed by atoms with Crippen LogP contribution in [-0.2, 0) is 11.2 Å². The number of guanidine groups is 1. The molecule has 1 saturated heterocycles. The number of rotatable bonds is 7. The first-order chi connectivity index (χ1) is 13.2. The van der Waals surface area contributed by atoms with Crippen LogP contribution in [0.3, 0.4) is 0 Å². The van der Waals surface area contributed by atoms with Gasteiger partial charge in [-0.1, -0.05) is 6.92 Å². The number of furan rings is 1. The van der Waals surface area contributed by atoms with Crippen LogP contribution in [0.15, 0.2) is 27.8 Å². The molecular formula is C18H28IN7O2. The van der Waals surface area contributed by atoms with Crippen LogP contribution in [0.1, 0.15) is 32.5 Å². The molecule has 3 rings (SSSR count). The van der Waals surface area contributed by atoms with Gasteiger partial charge >= 0.3 is 0 Å². The van der Waals surface area contributed by atoms with E-state index in [2.05, 4.69) is 30.8 Å². The summed E-state index contributed by atoms with van der Waals surface area (Å²) in [7, 11) is 0. The lowest BCUT2D eigenvalue weighted by Crippen LogP contribution is -2.45. The Morgan fingerprint density at radius 3 is 3.04 bits per heavy atom. The second-order valence-electron chi connectivity index (χ2n) is 6.42. The molecule has 3 heterocycles. The highest BCUT2D eigenvalue weighted by atomic mass is 127. The van der Waals surface area contributed by atoms with Crippen LogP contribution >= 0.6 is 24.0 Å². The molecule has 0 aromatic carbocycles. The van der Waals surface area contributed by atoms with E-state index in [9.17, 15) is 4.79 Å². The van der Waals surface area contributed by atoms with Gasteiger partial charge in [-0.15, -0.1) is 24.0 Å². The number of nitrogens with zero attached hydrogens (tertiary/aromatic N) is 4. The normalized spacial score (nSPS) is 16.7. The number of aromatic amines is 1. The summed E-state index contributed by atoms with van der Waals surface area (Å²) in [6.07, 6.45) is 3.74. The molecule has 0 radical (unpaired) electrons. The van der Waals surface area contributed by atoms with Gasteiger partial charge in [-0.25, -0.2) is 4.98 Å². The van der Waals surface area contributed by atoms with Gasteiger partial charge in [-0.05, 0) is 25.5 Å². The Bertz CT molecular complexity index is 760. The third-order valence-electron chi connectivity index (χ3n) is 4.42. The van der Waals surface area contributed by atoms with Crippen LogP contribution in [0.4, 0.5) is 0 Å². The quantitative estimate of drug-likeness (QED) is 0.303. The summed E-state index contributed by atoms with van der Waals surface area (Å²) < 4.78 is 5.29. The van der Waals surface area contributed by atoms with Gasteiger partial charge in [0.05, 0.1) is 6.26 Å². The summed E-state index contributed by atoms with van der Waals surface area (Å²) in [5, 5.41) is 13.8. The largest absolute Gasteiger partial charge is 0.461 e. The Kier molecular flexibility index (Phi) is 8.74. The van der Waals surface area contributed by atoms with E-state index in [1.165, 1.54) is 0 Å². The highest BCUT2D eigenvalue weighted by Crippen LogP contribution is 2.14. The Morgan fingerprint density at radius 1 is 1.46 bits per heavy atom. The SMILES string of the molecule is CCNC(=NCCc1nc(-c2ccco2)n[nH]1)NC1CCN(C(=O)CC)C1.I. The standard InChI is InChI=1S/C18H27N7O2.HI/c1-3-16(26)25-10-8-13(12-25)21-18(19-4-2)20-9-7-15-22-17(24-23-15)14-6-5-11-27-14;/h5-6,11,13H,3-4,7-10,12H2,1-2H3,(H2,19,20,21)(H,22,23,24);1H. The first-order valence-corrected chi connectivity index (χ1v) is 9.47. The number of H-pyrrole nitrogens is 1. The third-order valence-corrected chi connectivity index (χ3v) is 4.42. The summed E-state index contributed by atoms with van der Waals surface area (Å²) in [5.74, 6) is 2.93. The van der Waals surface area contributed by atoms with Crippen molar-refractivity contribution in [1.29, 1.82) is 0 Å². The van der Waals surface area contributed by atoms with E-state index < -0.39 is 0 Å². The molecule has 2 aromatic heterocycles. The van der Waals surface area contributed by atoms with Crippen LogP contribution in [0.25, 0.3) is 11.6 Å². The Hall–Kier alpha value is -2.11. The Balaban J connectivity index is 0.00000280. The van der Waals surface area contributed by atoms with Gasteiger partial charge in [-0.2, -0.15) is 5.10 Å². The minimum atomic E-state index is 0. The molecule has 154 valence electrons.